The van der Waals surface area contributed by atoms with Crippen LogP contribution >= 0.6 is 0 Å². The zero-order valence-corrected chi connectivity index (χ0v) is 6.76. The van der Waals surface area contributed by atoms with Gasteiger partial charge in [0, 0.05) is 19.1 Å². The Morgan fingerprint density at radius 1 is 1.70 bits per heavy atom. The zero-order valence-electron chi connectivity index (χ0n) is 6.76. The maximum atomic E-state index is 5.32. The van der Waals surface area contributed by atoms with Crippen molar-refractivity contribution in [2.45, 2.75) is 6.04 Å². The van der Waals surface area contributed by atoms with Crippen molar-refractivity contribution in [2.24, 2.45) is 0 Å². The summed E-state index contributed by atoms with van der Waals surface area (Å²) in [7, 11) is 4.12. The molecule has 0 radical (unpaired) electrons. The first-order valence-corrected chi connectivity index (χ1v) is 3.77. The Bertz CT molecular complexity index is 95.6. The number of rotatable bonds is 2. The predicted molar refractivity (Wildman–Crippen MR) is 41.2 cm³/mol. The minimum atomic E-state index is 0.568. The Morgan fingerprint density at radius 2 is 2.50 bits per heavy atom. The largest absolute Gasteiger partial charge is 0.378 e. The highest BCUT2D eigenvalue weighted by atomic mass is 16.5. The molecule has 1 N–H and O–H groups in total. The number of morpholine rings is 1. The molecule has 10 heavy (non-hydrogen) atoms. The first-order chi connectivity index (χ1) is 4.84. The van der Waals surface area contributed by atoms with E-state index < -0.39 is 0 Å². The summed E-state index contributed by atoms with van der Waals surface area (Å²) in [6.07, 6.45) is 0. The summed E-state index contributed by atoms with van der Waals surface area (Å²) in [5.41, 5.74) is 0. The van der Waals surface area contributed by atoms with Gasteiger partial charge in [-0.15, -0.1) is 0 Å². The Kier molecular flexibility index (Phi) is 3.12. The van der Waals surface area contributed by atoms with Crippen LogP contribution in [0.2, 0.25) is 0 Å². The van der Waals surface area contributed by atoms with Crippen LogP contribution < -0.4 is 5.32 Å². The summed E-state index contributed by atoms with van der Waals surface area (Å²) in [6.45, 7) is 3.84. The van der Waals surface area contributed by atoms with Crippen LogP contribution in [-0.4, -0.2) is 51.3 Å². The average molecular weight is 144 g/mol. The van der Waals surface area contributed by atoms with E-state index in [0.717, 1.165) is 26.3 Å². The lowest BCUT2D eigenvalue weighted by molar-refractivity contribution is 0.00708. The maximum Gasteiger partial charge on any atom is 0.0634 e. The molecule has 1 aliphatic rings. The van der Waals surface area contributed by atoms with Crippen molar-refractivity contribution in [1.29, 1.82) is 0 Å². The van der Waals surface area contributed by atoms with Gasteiger partial charge in [-0.2, -0.15) is 0 Å². The Morgan fingerprint density at radius 3 is 3.10 bits per heavy atom. The molecule has 1 fully saturated rings. The number of hydrogen-bond donors (Lipinski definition) is 1. The van der Waals surface area contributed by atoms with Gasteiger partial charge in [0.15, 0.2) is 0 Å². The summed E-state index contributed by atoms with van der Waals surface area (Å²) in [6, 6.07) is 0.568. The molecule has 0 aromatic heterocycles. The number of hydrogen-bond acceptors (Lipinski definition) is 3. The molecule has 60 valence electrons. The highest BCUT2D eigenvalue weighted by molar-refractivity contribution is 4.73. The minimum absolute atomic E-state index is 0.568. The average Bonchev–Trinajstić information content (AvgIpc) is 1.94. The minimum Gasteiger partial charge on any atom is -0.378 e. The van der Waals surface area contributed by atoms with Gasteiger partial charge in [0.05, 0.1) is 13.2 Å². The van der Waals surface area contributed by atoms with Gasteiger partial charge >= 0.3 is 0 Å². The summed E-state index contributed by atoms with van der Waals surface area (Å²) in [4.78, 5) is 2.33. The topological polar surface area (TPSA) is 24.5 Å². The van der Waals surface area contributed by atoms with Crippen LogP contribution in [0.5, 0.6) is 0 Å². The highest BCUT2D eigenvalue weighted by Crippen LogP contribution is 2.01. The van der Waals surface area contributed by atoms with Gasteiger partial charge in [-0.1, -0.05) is 0 Å². The van der Waals surface area contributed by atoms with Crippen LogP contribution in [0.15, 0.2) is 0 Å². The fourth-order valence-corrected chi connectivity index (χ4v) is 1.19. The molecule has 1 saturated heterocycles. The Hall–Kier alpha value is -0.120. The molecule has 3 nitrogen and oxygen atoms in total. The molecule has 3 heteroatoms. The van der Waals surface area contributed by atoms with Crippen LogP contribution in [0.1, 0.15) is 0 Å². The van der Waals surface area contributed by atoms with Gasteiger partial charge in [0.2, 0.25) is 0 Å². The lowest BCUT2D eigenvalue weighted by atomic mass is 10.2. The van der Waals surface area contributed by atoms with Crippen molar-refractivity contribution in [2.75, 3.05) is 40.4 Å². The normalized spacial score (nSPS) is 28.8. The van der Waals surface area contributed by atoms with E-state index in [2.05, 4.69) is 17.3 Å². The van der Waals surface area contributed by atoms with Crippen LogP contribution in [0.25, 0.3) is 0 Å². The van der Waals surface area contributed by atoms with Gasteiger partial charge in [-0.3, -0.25) is 4.90 Å². The first kappa shape index (κ1) is 7.98. The lowest BCUT2D eigenvalue weighted by Crippen LogP contribution is -2.47. The molecule has 0 amide bonds. The molecule has 0 aliphatic carbocycles. The van der Waals surface area contributed by atoms with Crippen molar-refractivity contribution in [3.8, 4) is 0 Å². The molecular weight excluding hydrogens is 128 g/mol. The summed E-state index contributed by atoms with van der Waals surface area (Å²) >= 11 is 0. The third kappa shape index (κ3) is 1.94. The molecule has 0 aromatic rings. The quantitative estimate of drug-likeness (QED) is 0.567. The van der Waals surface area contributed by atoms with E-state index in [4.69, 9.17) is 4.74 Å². The SMILES string of the molecule is CNCC1COCCN1C. The molecule has 0 bridgehead atoms. The van der Waals surface area contributed by atoms with Crippen molar-refractivity contribution in [1.82, 2.24) is 10.2 Å². The van der Waals surface area contributed by atoms with Crippen molar-refractivity contribution < 1.29 is 4.74 Å². The van der Waals surface area contributed by atoms with Crippen molar-refractivity contribution in [3.05, 3.63) is 0 Å². The Balaban J connectivity index is 2.25. The Labute approximate surface area is 62.3 Å². The van der Waals surface area contributed by atoms with Crippen LogP contribution in [0, 0.1) is 0 Å². The molecule has 1 unspecified atom stereocenters. The highest BCUT2D eigenvalue weighted by Gasteiger charge is 2.17. The smallest absolute Gasteiger partial charge is 0.0634 e. The molecule has 0 saturated carbocycles. The molecule has 1 rings (SSSR count). The van der Waals surface area contributed by atoms with E-state index in [0.29, 0.717) is 6.04 Å². The molecule has 1 aliphatic heterocycles. The second kappa shape index (κ2) is 3.91. The van der Waals surface area contributed by atoms with E-state index in [1.807, 2.05) is 7.05 Å². The molecule has 0 spiro atoms. The van der Waals surface area contributed by atoms with Gasteiger partial charge in [-0.25, -0.2) is 0 Å². The third-order valence-electron chi connectivity index (χ3n) is 1.96. The standard InChI is InChI=1S/C7H16N2O/c1-8-5-7-6-10-4-3-9(7)2/h7-8H,3-6H2,1-2H3. The van der Waals surface area contributed by atoms with Crippen LogP contribution in [0.3, 0.4) is 0 Å². The summed E-state index contributed by atoms with van der Waals surface area (Å²) in [5, 5.41) is 3.15. The van der Waals surface area contributed by atoms with Gasteiger partial charge < -0.3 is 10.1 Å². The lowest BCUT2D eigenvalue weighted by Gasteiger charge is -2.32. The zero-order chi connectivity index (χ0) is 7.40. The molecule has 1 atom stereocenters. The second-order valence-corrected chi connectivity index (χ2v) is 2.77. The monoisotopic (exact) mass is 144 g/mol. The van der Waals surface area contributed by atoms with E-state index >= 15 is 0 Å². The van der Waals surface area contributed by atoms with Crippen molar-refractivity contribution >= 4 is 0 Å². The van der Waals surface area contributed by atoms with Crippen LogP contribution in [0.4, 0.5) is 0 Å². The summed E-state index contributed by atoms with van der Waals surface area (Å²) < 4.78 is 5.32. The van der Waals surface area contributed by atoms with Crippen LogP contribution in [-0.2, 0) is 4.74 Å². The fraction of sp³-hybridized carbons (Fsp3) is 1.00. The third-order valence-corrected chi connectivity index (χ3v) is 1.96. The van der Waals surface area contributed by atoms with E-state index in [1.54, 1.807) is 0 Å². The van der Waals surface area contributed by atoms with E-state index in [9.17, 15) is 0 Å². The second-order valence-electron chi connectivity index (χ2n) is 2.77. The van der Waals surface area contributed by atoms with Crippen molar-refractivity contribution in [3.63, 3.8) is 0 Å². The first-order valence-electron chi connectivity index (χ1n) is 3.77. The molecular formula is C7H16N2O. The number of nitrogens with zero attached hydrogens (tertiary/aromatic N) is 1. The van der Waals surface area contributed by atoms with E-state index in [-0.39, 0.29) is 0 Å². The van der Waals surface area contributed by atoms with Gasteiger partial charge in [-0.05, 0) is 14.1 Å². The number of nitrogens with one attached hydrogen (secondary N) is 1. The van der Waals surface area contributed by atoms with Gasteiger partial charge in [0.1, 0.15) is 0 Å². The number of ether oxygens (including phenoxy) is 1. The predicted octanol–water partition coefficient (Wildman–Crippen LogP) is -0.464. The van der Waals surface area contributed by atoms with E-state index in [1.165, 1.54) is 0 Å². The molecule has 1 heterocycles. The maximum absolute atomic E-state index is 5.32. The van der Waals surface area contributed by atoms with Gasteiger partial charge in [0.25, 0.3) is 0 Å². The number of likely N-dealkylation sites (N-methyl/N-ethyl adjacent to an activating group) is 2. The fourth-order valence-electron chi connectivity index (χ4n) is 1.19. The summed E-state index contributed by atoms with van der Waals surface area (Å²) in [5.74, 6) is 0. The molecule has 0 aromatic carbocycles.